The molecular formula is C17H15BrClN5O. The van der Waals surface area contributed by atoms with E-state index in [0.29, 0.717) is 23.3 Å². The molecule has 3 aromatic heterocycles. The van der Waals surface area contributed by atoms with Gasteiger partial charge in [-0.3, -0.25) is 0 Å². The largest absolute Gasteiger partial charge is 0.473 e. The molecular weight excluding hydrogens is 406 g/mol. The molecule has 0 aromatic carbocycles. The smallest absolute Gasteiger partial charge is 0.214 e. The van der Waals surface area contributed by atoms with Gasteiger partial charge in [-0.2, -0.15) is 10.2 Å². The molecule has 0 saturated carbocycles. The van der Waals surface area contributed by atoms with Crippen molar-refractivity contribution < 1.29 is 4.74 Å². The van der Waals surface area contributed by atoms with E-state index >= 15 is 0 Å². The highest BCUT2D eigenvalue weighted by atomic mass is 79.9. The summed E-state index contributed by atoms with van der Waals surface area (Å²) in [7, 11) is 0. The summed E-state index contributed by atoms with van der Waals surface area (Å²) >= 11 is 9.70. The fourth-order valence-electron chi connectivity index (χ4n) is 2.73. The van der Waals surface area contributed by atoms with Crippen molar-refractivity contribution in [3.8, 4) is 11.7 Å². The van der Waals surface area contributed by atoms with E-state index in [2.05, 4.69) is 36.1 Å². The third-order valence-corrected chi connectivity index (χ3v) is 4.82. The number of pyridine rings is 2. The Morgan fingerprint density at radius 3 is 2.60 bits per heavy atom. The van der Waals surface area contributed by atoms with Gasteiger partial charge in [-0.05, 0) is 47.7 Å². The number of nitrogens with zero attached hydrogens (tertiary/aromatic N) is 5. The molecule has 0 bridgehead atoms. The molecule has 0 aliphatic heterocycles. The van der Waals surface area contributed by atoms with Crippen LogP contribution in [0.25, 0.3) is 5.82 Å². The molecule has 1 aliphatic rings. The number of hydrogen-bond donors (Lipinski definition) is 0. The van der Waals surface area contributed by atoms with E-state index in [1.165, 1.54) is 12.8 Å². The summed E-state index contributed by atoms with van der Waals surface area (Å²) in [4.78, 5) is 10.2. The predicted molar refractivity (Wildman–Crippen MR) is 97.1 cm³/mol. The van der Waals surface area contributed by atoms with Crippen molar-refractivity contribution in [3.63, 3.8) is 0 Å². The fourth-order valence-corrected chi connectivity index (χ4v) is 3.26. The van der Waals surface area contributed by atoms with Gasteiger partial charge in [0.25, 0.3) is 0 Å². The molecule has 1 aliphatic carbocycles. The fraction of sp³-hybridized carbons (Fsp3) is 0.294. The third-order valence-electron chi connectivity index (χ3n) is 4.03. The monoisotopic (exact) mass is 419 g/mol. The Morgan fingerprint density at radius 2 is 1.92 bits per heavy atom. The van der Waals surface area contributed by atoms with Gasteiger partial charge in [0, 0.05) is 23.9 Å². The van der Waals surface area contributed by atoms with E-state index in [9.17, 15) is 0 Å². The van der Waals surface area contributed by atoms with E-state index < -0.39 is 0 Å². The van der Waals surface area contributed by atoms with Crippen molar-refractivity contribution >= 4 is 27.5 Å². The lowest BCUT2D eigenvalue weighted by molar-refractivity contribution is 0.293. The summed E-state index contributed by atoms with van der Waals surface area (Å²) in [6.07, 6.45) is 5.99. The van der Waals surface area contributed by atoms with Gasteiger partial charge < -0.3 is 4.74 Å². The van der Waals surface area contributed by atoms with E-state index in [0.717, 1.165) is 34.4 Å². The molecule has 0 fully saturated rings. The number of halogens is 2. The summed E-state index contributed by atoms with van der Waals surface area (Å²) in [6, 6.07) is 7.26. The molecule has 3 heterocycles. The van der Waals surface area contributed by atoms with Crippen molar-refractivity contribution in [2.75, 3.05) is 0 Å². The first-order valence-electron chi connectivity index (χ1n) is 8.04. The van der Waals surface area contributed by atoms with E-state index in [-0.39, 0.29) is 0 Å². The van der Waals surface area contributed by atoms with Gasteiger partial charge in [-0.15, -0.1) is 4.80 Å². The van der Waals surface area contributed by atoms with Gasteiger partial charge >= 0.3 is 0 Å². The number of aromatic nitrogens is 5. The summed E-state index contributed by atoms with van der Waals surface area (Å²) < 4.78 is 6.38. The summed E-state index contributed by atoms with van der Waals surface area (Å²) in [5, 5.41) is 9.63. The van der Waals surface area contributed by atoms with Crippen molar-refractivity contribution in [1.29, 1.82) is 0 Å². The Labute approximate surface area is 158 Å². The number of fused-ring (bicyclic) bond motifs is 1. The molecule has 3 aromatic rings. The SMILES string of the molecule is Clc1cc(-n2nc3c(n2)CCCC3)ncc1COc1cccc(Br)n1. The zero-order valence-corrected chi connectivity index (χ0v) is 15.7. The predicted octanol–water partition coefficient (Wildman–Crippen LogP) is 3.93. The van der Waals surface area contributed by atoms with Gasteiger partial charge in [0.15, 0.2) is 5.82 Å². The second-order valence-corrected chi connectivity index (χ2v) is 7.03. The lowest BCUT2D eigenvalue weighted by atomic mass is 10.0. The van der Waals surface area contributed by atoms with Crippen LogP contribution in [0.5, 0.6) is 5.88 Å². The van der Waals surface area contributed by atoms with Crippen LogP contribution >= 0.6 is 27.5 Å². The quantitative estimate of drug-likeness (QED) is 0.598. The average Bonchev–Trinajstić information content (AvgIpc) is 3.05. The minimum absolute atomic E-state index is 0.290. The normalized spacial score (nSPS) is 13.5. The third kappa shape index (κ3) is 3.67. The van der Waals surface area contributed by atoms with Crippen molar-refractivity contribution in [1.82, 2.24) is 25.0 Å². The first kappa shape index (κ1) is 16.5. The Bertz CT molecular complexity index is 890. The maximum absolute atomic E-state index is 6.38. The van der Waals surface area contributed by atoms with Crippen LogP contribution in [0.3, 0.4) is 0 Å². The molecule has 0 saturated heterocycles. The summed E-state index contributed by atoms with van der Waals surface area (Å²) in [6.45, 7) is 0.290. The van der Waals surface area contributed by atoms with Gasteiger partial charge in [0.1, 0.15) is 11.2 Å². The maximum Gasteiger partial charge on any atom is 0.214 e. The molecule has 8 heteroatoms. The van der Waals surface area contributed by atoms with E-state index in [1.807, 2.05) is 12.1 Å². The number of hydrogen-bond acceptors (Lipinski definition) is 5. The molecule has 0 N–H and O–H groups in total. The van der Waals surface area contributed by atoms with Crippen molar-refractivity contribution in [2.45, 2.75) is 32.3 Å². The molecule has 25 heavy (non-hydrogen) atoms. The highest BCUT2D eigenvalue weighted by Crippen LogP contribution is 2.22. The van der Waals surface area contributed by atoms with Gasteiger partial charge in [0.05, 0.1) is 16.4 Å². The Morgan fingerprint density at radius 1 is 1.16 bits per heavy atom. The van der Waals surface area contributed by atoms with Gasteiger partial charge in [0.2, 0.25) is 5.88 Å². The van der Waals surface area contributed by atoms with Crippen LogP contribution in [0.4, 0.5) is 0 Å². The summed E-state index contributed by atoms with van der Waals surface area (Å²) in [5.74, 6) is 1.14. The van der Waals surface area contributed by atoms with Crippen LogP contribution in [0, 0.1) is 0 Å². The lowest BCUT2D eigenvalue weighted by Crippen LogP contribution is -2.05. The molecule has 128 valence electrons. The molecule has 0 spiro atoms. The van der Waals surface area contributed by atoms with Crippen molar-refractivity contribution in [2.24, 2.45) is 0 Å². The molecule has 0 atom stereocenters. The maximum atomic E-state index is 6.38. The highest BCUT2D eigenvalue weighted by Gasteiger charge is 2.17. The van der Waals surface area contributed by atoms with Crippen LogP contribution in [0.2, 0.25) is 5.02 Å². The van der Waals surface area contributed by atoms with Gasteiger partial charge in [-0.25, -0.2) is 9.97 Å². The van der Waals surface area contributed by atoms with Gasteiger partial charge in [-0.1, -0.05) is 17.7 Å². The van der Waals surface area contributed by atoms with Crippen LogP contribution in [0.15, 0.2) is 35.1 Å². The highest BCUT2D eigenvalue weighted by molar-refractivity contribution is 9.10. The molecule has 0 amide bonds. The number of ether oxygens (including phenoxy) is 1. The van der Waals surface area contributed by atoms with E-state index in [1.54, 1.807) is 23.1 Å². The molecule has 0 unspecified atom stereocenters. The zero-order valence-electron chi connectivity index (χ0n) is 13.3. The Hall–Kier alpha value is -1.99. The Balaban J connectivity index is 1.51. The van der Waals surface area contributed by atoms with Crippen LogP contribution in [0.1, 0.15) is 29.8 Å². The van der Waals surface area contributed by atoms with Crippen LogP contribution < -0.4 is 4.74 Å². The first-order chi connectivity index (χ1) is 12.2. The lowest BCUT2D eigenvalue weighted by Gasteiger charge is -2.08. The second kappa shape index (κ2) is 7.09. The molecule has 0 radical (unpaired) electrons. The minimum Gasteiger partial charge on any atom is -0.473 e. The number of rotatable bonds is 4. The second-order valence-electron chi connectivity index (χ2n) is 5.81. The topological polar surface area (TPSA) is 65.7 Å². The van der Waals surface area contributed by atoms with Crippen LogP contribution in [-0.2, 0) is 19.4 Å². The zero-order chi connectivity index (χ0) is 17.2. The molecule has 4 rings (SSSR count). The van der Waals surface area contributed by atoms with Crippen LogP contribution in [-0.4, -0.2) is 25.0 Å². The standard InChI is InChI=1S/C17H15BrClN5O/c18-15-6-3-7-17(21-15)25-10-11-9-20-16(8-12(11)19)24-22-13-4-1-2-5-14(13)23-24/h3,6-9H,1-2,4-5,10H2. The minimum atomic E-state index is 0.290. The molecule has 6 nitrogen and oxygen atoms in total. The first-order valence-corrected chi connectivity index (χ1v) is 9.21. The number of aryl methyl sites for hydroxylation is 2. The van der Waals surface area contributed by atoms with E-state index in [4.69, 9.17) is 16.3 Å². The average molecular weight is 421 g/mol. The van der Waals surface area contributed by atoms with Crippen molar-refractivity contribution in [3.05, 3.63) is 57.0 Å². The summed E-state index contributed by atoms with van der Waals surface area (Å²) in [5.41, 5.74) is 2.92. The Kier molecular flexibility index (Phi) is 4.67.